The summed E-state index contributed by atoms with van der Waals surface area (Å²) < 4.78 is 20.0. The summed E-state index contributed by atoms with van der Waals surface area (Å²) in [5, 5.41) is 22.8. The minimum atomic E-state index is -1.36. The van der Waals surface area contributed by atoms with Crippen molar-refractivity contribution in [3.63, 3.8) is 0 Å². The molecule has 0 radical (unpaired) electrons. The molecule has 1 aliphatic heterocycles. The molecule has 37 heavy (non-hydrogen) atoms. The molecule has 0 aliphatic carbocycles. The normalized spacial score (nSPS) is 15.2. The first-order valence-electron chi connectivity index (χ1n) is 11.7. The fourth-order valence-electron chi connectivity index (χ4n) is 3.72. The van der Waals surface area contributed by atoms with Gasteiger partial charge in [0.1, 0.15) is 5.82 Å². The van der Waals surface area contributed by atoms with Crippen molar-refractivity contribution in [3.05, 3.63) is 95.3 Å². The molecule has 10 heteroatoms. The van der Waals surface area contributed by atoms with Crippen molar-refractivity contribution in [1.82, 2.24) is 0 Å². The second-order valence-electron chi connectivity index (χ2n) is 8.20. The molecule has 0 aromatic heterocycles. The molecule has 9 nitrogen and oxygen atoms in total. The van der Waals surface area contributed by atoms with Gasteiger partial charge < -0.3 is 26.2 Å². The average Bonchev–Trinajstić information content (AvgIpc) is 3.04. The second-order valence-corrected chi connectivity index (χ2v) is 8.20. The Kier molecular flexibility index (Phi) is 8.22. The highest BCUT2D eigenvalue weighted by atomic mass is 19.1. The van der Waals surface area contributed by atoms with Crippen LogP contribution in [0.4, 0.5) is 15.8 Å². The third-order valence-electron chi connectivity index (χ3n) is 5.57. The van der Waals surface area contributed by atoms with E-state index in [9.17, 15) is 9.18 Å². The molecule has 1 unspecified atom stereocenters. The van der Waals surface area contributed by atoms with E-state index in [1.807, 2.05) is 18.2 Å². The molecule has 0 bridgehead atoms. The van der Waals surface area contributed by atoms with Crippen LogP contribution in [0.2, 0.25) is 0 Å². The van der Waals surface area contributed by atoms with Crippen LogP contribution in [0.5, 0.6) is 0 Å². The molecular formula is C27H27FN6O3. The van der Waals surface area contributed by atoms with E-state index in [-0.39, 0.29) is 18.2 Å². The predicted molar refractivity (Wildman–Crippen MR) is 142 cm³/mol. The van der Waals surface area contributed by atoms with Crippen LogP contribution < -0.4 is 16.4 Å². The largest absolute Gasteiger partial charge is 0.407 e. The highest BCUT2D eigenvalue weighted by molar-refractivity contribution is 6.19. The van der Waals surface area contributed by atoms with Gasteiger partial charge in [-0.05, 0) is 43.2 Å². The van der Waals surface area contributed by atoms with Crippen LogP contribution in [-0.4, -0.2) is 48.0 Å². The number of benzene rings is 3. The summed E-state index contributed by atoms with van der Waals surface area (Å²) in [6.07, 6.45) is 0.199. The number of ether oxygens (including phenoxy) is 1. The Balaban J connectivity index is 1.53. The summed E-state index contributed by atoms with van der Waals surface area (Å²) in [5.74, 6) is -1.55. The van der Waals surface area contributed by atoms with Gasteiger partial charge in [0, 0.05) is 35.5 Å². The Morgan fingerprint density at radius 1 is 1.11 bits per heavy atom. The molecule has 1 aliphatic rings. The molecule has 6 N–H and O–H groups in total. The Hall–Kier alpha value is -4.57. The highest BCUT2D eigenvalue weighted by Crippen LogP contribution is 2.27. The molecule has 4 rings (SSSR count). The molecule has 0 saturated heterocycles. The number of aliphatic imine (C=N–C) groups is 2. The zero-order valence-electron chi connectivity index (χ0n) is 19.9. The highest BCUT2D eigenvalue weighted by Gasteiger charge is 2.28. The number of hydrogen-bond donors (Lipinski definition) is 5. The number of benzodiazepines with no additional fused rings is 1. The summed E-state index contributed by atoms with van der Waals surface area (Å²) in [5.41, 5.74) is 8.70. The van der Waals surface area contributed by atoms with Gasteiger partial charge in [-0.2, -0.15) is 4.99 Å². The number of anilines is 2. The van der Waals surface area contributed by atoms with Crippen LogP contribution in [0.15, 0.2) is 82.8 Å². The average molecular weight is 503 g/mol. The lowest BCUT2D eigenvalue weighted by atomic mass is 10.0. The maximum absolute atomic E-state index is 14.6. The molecular weight excluding hydrogens is 475 g/mol. The molecule has 1 heterocycles. The van der Waals surface area contributed by atoms with Crippen molar-refractivity contribution in [1.29, 1.82) is 5.41 Å². The Morgan fingerprint density at radius 3 is 2.59 bits per heavy atom. The number of hydrogen-bond acceptors (Lipinski definition) is 7. The van der Waals surface area contributed by atoms with Crippen LogP contribution in [0, 0.1) is 11.2 Å². The number of carbonyl (C=O) groups excluding carboxylic acids is 1. The molecule has 0 fully saturated rings. The van der Waals surface area contributed by atoms with E-state index in [4.69, 9.17) is 21.0 Å². The molecule has 0 saturated carbocycles. The predicted octanol–water partition coefficient (Wildman–Crippen LogP) is 3.48. The summed E-state index contributed by atoms with van der Waals surface area (Å²) in [6.45, 7) is 0.874. The summed E-state index contributed by atoms with van der Waals surface area (Å²) in [6, 6.07) is 20.0. The van der Waals surface area contributed by atoms with Gasteiger partial charge >= 0.3 is 0 Å². The summed E-state index contributed by atoms with van der Waals surface area (Å²) in [7, 11) is 0. The first-order valence-corrected chi connectivity index (χ1v) is 11.7. The molecule has 3 aromatic rings. The lowest BCUT2D eigenvalue weighted by molar-refractivity contribution is -0.117. The number of fused-ring (bicyclic) bond motifs is 1. The van der Waals surface area contributed by atoms with Gasteiger partial charge in [-0.15, -0.1) is 0 Å². The monoisotopic (exact) mass is 502 g/mol. The number of amidine groups is 1. The van der Waals surface area contributed by atoms with Gasteiger partial charge in [-0.25, -0.2) is 9.38 Å². The van der Waals surface area contributed by atoms with E-state index < -0.39 is 23.9 Å². The third-order valence-corrected chi connectivity index (χ3v) is 5.57. The van der Waals surface area contributed by atoms with Crippen molar-refractivity contribution in [2.24, 2.45) is 15.7 Å². The number of halogens is 1. The van der Waals surface area contributed by atoms with Crippen LogP contribution in [0.25, 0.3) is 0 Å². The van der Waals surface area contributed by atoms with Crippen molar-refractivity contribution >= 4 is 34.9 Å². The quantitative estimate of drug-likeness (QED) is 0.182. The lowest BCUT2D eigenvalue weighted by Gasteiger charge is -2.11. The van der Waals surface area contributed by atoms with E-state index in [2.05, 4.69) is 20.6 Å². The van der Waals surface area contributed by atoms with E-state index >= 15 is 0 Å². The zero-order chi connectivity index (χ0) is 26.2. The minimum Gasteiger partial charge on any atom is -0.407 e. The Morgan fingerprint density at radius 2 is 1.86 bits per heavy atom. The summed E-state index contributed by atoms with van der Waals surface area (Å²) >= 11 is 0. The molecule has 3 aromatic carbocycles. The zero-order valence-corrected chi connectivity index (χ0v) is 19.9. The topological polar surface area (TPSA) is 145 Å². The number of para-hydroxylation sites is 1. The van der Waals surface area contributed by atoms with E-state index in [1.54, 1.807) is 42.5 Å². The number of unbranched alkanes of at least 4 members (excludes halogenated alkanes) is 1. The smallest absolute Gasteiger partial charge is 0.291 e. The Labute approximate surface area is 213 Å². The van der Waals surface area contributed by atoms with Crippen molar-refractivity contribution in [2.75, 3.05) is 23.8 Å². The summed E-state index contributed by atoms with van der Waals surface area (Å²) in [4.78, 5) is 21.4. The number of aliphatic hydroxyl groups is 1. The number of nitrogens with zero attached hydrogens (tertiary/aromatic N) is 2. The van der Waals surface area contributed by atoms with Gasteiger partial charge in [0.25, 0.3) is 11.9 Å². The molecule has 190 valence electrons. The van der Waals surface area contributed by atoms with Crippen LogP contribution in [0.3, 0.4) is 0 Å². The second kappa shape index (κ2) is 11.9. The van der Waals surface area contributed by atoms with Crippen molar-refractivity contribution in [2.45, 2.75) is 19.0 Å². The first kappa shape index (κ1) is 25.5. The number of rotatable bonds is 8. The number of amides is 1. The Bertz CT molecular complexity index is 1330. The standard InChI is InChI=1S/C27H27FN6O3/c28-21-10-6-9-20-22(17-7-2-1-3-8-17)32-25(26(36)33-23(20)21)34-27(30)37-24(29)18-11-13-19(14-12-18)31-15-4-5-16-35/h1-3,6-14,25,29,31,35H,4-5,15-16H2,(H2,30,34)(H,33,36). The fraction of sp³-hybridized carbons (Fsp3) is 0.185. The van der Waals surface area contributed by atoms with Gasteiger partial charge in [0.15, 0.2) is 0 Å². The van der Waals surface area contributed by atoms with Gasteiger partial charge in [-0.1, -0.05) is 42.5 Å². The number of nitrogens with one attached hydrogen (secondary N) is 3. The fourth-order valence-corrected chi connectivity index (χ4v) is 3.72. The number of carbonyl (C=O) groups is 1. The van der Waals surface area contributed by atoms with Gasteiger partial charge in [0.05, 0.1) is 11.4 Å². The van der Waals surface area contributed by atoms with Crippen LogP contribution in [0.1, 0.15) is 29.5 Å². The molecule has 1 atom stereocenters. The molecule has 1 amide bonds. The van der Waals surface area contributed by atoms with Gasteiger partial charge in [0.2, 0.25) is 12.1 Å². The lowest BCUT2D eigenvalue weighted by Crippen LogP contribution is -2.29. The van der Waals surface area contributed by atoms with Crippen LogP contribution in [-0.2, 0) is 9.53 Å². The number of nitrogens with two attached hydrogens (primary N) is 1. The van der Waals surface area contributed by atoms with Crippen molar-refractivity contribution < 1.29 is 19.0 Å². The number of aliphatic hydroxyl groups excluding tert-OH is 1. The van der Waals surface area contributed by atoms with E-state index in [1.165, 1.54) is 12.1 Å². The minimum absolute atomic E-state index is 0.00472. The molecule has 0 spiro atoms. The SMILES string of the molecule is N=C(OC(N)=NC1N=C(c2ccccc2)c2cccc(F)c2NC1=O)c1ccc(NCCCCO)cc1. The van der Waals surface area contributed by atoms with Crippen molar-refractivity contribution in [3.8, 4) is 0 Å². The third kappa shape index (κ3) is 6.36. The first-order chi connectivity index (χ1) is 18.0. The maximum Gasteiger partial charge on any atom is 0.291 e. The maximum atomic E-state index is 14.6. The van der Waals surface area contributed by atoms with Gasteiger partial charge in [-0.3, -0.25) is 10.2 Å². The van der Waals surface area contributed by atoms with Crippen LogP contribution >= 0.6 is 0 Å². The van der Waals surface area contributed by atoms with E-state index in [0.717, 1.165) is 25.1 Å². The van der Waals surface area contributed by atoms with E-state index in [0.29, 0.717) is 22.4 Å².